The predicted octanol–water partition coefficient (Wildman–Crippen LogP) is 5.76. The van der Waals surface area contributed by atoms with Gasteiger partial charge in [-0.1, -0.05) is 24.3 Å². The molecular weight excluding hydrogens is 400 g/mol. The van der Waals surface area contributed by atoms with Crippen molar-refractivity contribution in [3.63, 3.8) is 0 Å². The molecule has 0 saturated heterocycles. The summed E-state index contributed by atoms with van der Waals surface area (Å²) in [6, 6.07) is 10.3. The van der Waals surface area contributed by atoms with E-state index in [1.807, 2.05) is 51.0 Å². The Kier molecular flexibility index (Phi) is 8.87. The summed E-state index contributed by atoms with van der Waals surface area (Å²) in [5, 5.41) is 1.86. The Hall–Kier alpha value is -1.30. The van der Waals surface area contributed by atoms with Crippen molar-refractivity contribution in [3.8, 4) is 0 Å². The van der Waals surface area contributed by atoms with Gasteiger partial charge in [-0.05, 0) is 62.9 Å². The highest BCUT2D eigenvalue weighted by molar-refractivity contribution is 8.93. The van der Waals surface area contributed by atoms with E-state index >= 15 is 0 Å². The van der Waals surface area contributed by atoms with E-state index in [4.69, 9.17) is 4.84 Å². The molecule has 26 heavy (non-hydrogen) atoms. The molecule has 0 amide bonds. The molecule has 5 heteroatoms. The maximum absolute atomic E-state index is 14.2. The fourth-order valence-corrected chi connectivity index (χ4v) is 3.42. The molecule has 2 aromatic carbocycles. The van der Waals surface area contributed by atoms with Gasteiger partial charge in [0.05, 0.1) is 7.11 Å². The second kappa shape index (κ2) is 10.1. The van der Waals surface area contributed by atoms with Crippen LogP contribution in [0.25, 0.3) is 0 Å². The molecule has 2 nitrogen and oxygen atoms in total. The number of rotatable bonds is 7. The average Bonchev–Trinajstić information content (AvgIpc) is 2.54. The predicted molar refractivity (Wildman–Crippen MR) is 108 cm³/mol. The minimum atomic E-state index is -0.496. The minimum absolute atomic E-state index is 0. The summed E-state index contributed by atoms with van der Waals surface area (Å²) in [5.74, 6) is -1.07. The molecule has 2 rings (SSSR count). The lowest BCUT2D eigenvalue weighted by Crippen LogP contribution is -2.35. The van der Waals surface area contributed by atoms with Gasteiger partial charge >= 0.3 is 0 Å². The van der Waals surface area contributed by atoms with Gasteiger partial charge in [0.2, 0.25) is 0 Å². The fraction of sp³-hybridized carbons (Fsp3) is 0.429. The summed E-state index contributed by atoms with van der Waals surface area (Å²) in [5.41, 5.74) is 3.52. The van der Waals surface area contributed by atoms with Crippen LogP contribution in [0.1, 0.15) is 42.0 Å². The SMILES string of the molecule is Br.CON(CC(Cc1c(F)cccc1F)c1c(C)cccc1C)C(C)C. The molecule has 0 aromatic heterocycles. The zero-order valence-electron chi connectivity index (χ0n) is 16.1. The summed E-state index contributed by atoms with van der Waals surface area (Å²) in [6.45, 7) is 8.72. The van der Waals surface area contributed by atoms with Gasteiger partial charge in [-0.2, -0.15) is 5.06 Å². The van der Waals surface area contributed by atoms with Crippen LogP contribution in [-0.2, 0) is 11.3 Å². The summed E-state index contributed by atoms with van der Waals surface area (Å²) in [7, 11) is 1.63. The molecule has 0 heterocycles. The van der Waals surface area contributed by atoms with Crippen LogP contribution in [0, 0.1) is 25.5 Å². The minimum Gasteiger partial charge on any atom is -0.302 e. The zero-order valence-corrected chi connectivity index (χ0v) is 17.8. The summed E-state index contributed by atoms with van der Waals surface area (Å²) in [6.07, 6.45) is 0.288. The summed E-state index contributed by atoms with van der Waals surface area (Å²) in [4.78, 5) is 5.49. The number of hydroxylamine groups is 2. The molecule has 2 aromatic rings. The average molecular weight is 428 g/mol. The van der Waals surface area contributed by atoms with E-state index < -0.39 is 11.6 Å². The number of hydrogen-bond donors (Lipinski definition) is 0. The third-order valence-electron chi connectivity index (χ3n) is 4.67. The van der Waals surface area contributed by atoms with Gasteiger partial charge < -0.3 is 4.84 Å². The first-order valence-corrected chi connectivity index (χ1v) is 8.64. The van der Waals surface area contributed by atoms with Crippen LogP contribution in [0.2, 0.25) is 0 Å². The van der Waals surface area contributed by atoms with Crippen molar-refractivity contribution < 1.29 is 13.6 Å². The summed E-state index contributed by atoms with van der Waals surface area (Å²) >= 11 is 0. The fourth-order valence-electron chi connectivity index (χ4n) is 3.42. The van der Waals surface area contributed by atoms with Gasteiger partial charge in [0.1, 0.15) is 11.6 Å². The number of benzene rings is 2. The van der Waals surface area contributed by atoms with Crippen molar-refractivity contribution in [2.75, 3.05) is 13.7 Å². The van der Waals surface area contributed by atoms with Crippen molar-refractivity contribution in [3.05, 3.63) is 70.3 Å². The van der Waals surface area contributed by atoms with E-state index in [0.717, 1.165) is 16.7 Å². The normalized spacial score (nSPS) is 12.3. The van der Waals surface area contributed by atoms with Crippen LogP contribution in [0.5, 0.6) is 0 Å². The Morgan fingerprint density at radius 3 is 1.92 bits per heavy atom. The Labute approximate surface area is 165 Å². The molecule has 0 bridgehead atoms. The van der Waals surface area contributed by atoms with Gasteiger partial charge in [-0.15, -0.1) is 17.0 Å². The van der Waals surface area contributed by atoms with Gasteiger partial charge in [-0.3, -0.25) is 0 Å². The molecule has 0 aliphatic heterocycles. The molecule has 1 unspecified atom stereocenters. The van der Waals surface area contributed by atoms with E-state index in [2.05, 4.69) is 0 Å². The Morgan fingerprint density at radius 2 is 1.46 bits per heavy atom. The lowest BCUT2D eigenvalue weighted by atomic mass is 9.85. The maximum Gasteiger partial charge on any atom is 0.129 e. The van der Waals surface area contributed by atoms with E-state index in [1.165, 1.54) is 18.2 Å². The smallest absolute Gasteiger partial charge is 0.129 e. The largest absolute Gasteiger partial charge is 0.302 e. The van der Waals surface area contributed by atoms with Crippen LogP contribution in [0.3, 0.4) is 0 Å². The number of hydrogen-bond acceptors (Lipinski definition) is 2. The van der Waals surface area contributed by atoms with Gasteiger partial charge in [0.15, 0.2) is 0 Å². The van der Waals surface area contributed by atoms with E-state index in [-0.39, 0.29) is 40.9 Å². The van der Waals surface area contributed by atoms with E-state index in [9.17, 15) is 8.78 Å². The van der Waals surface area contributed by atoms with Gasteiger partial charge in [0, 0.05) is 24.1 Å². The lowest BCUT2D eigenvalue weighted by molar-refractivity contribution is -0.156. The lowest BCUT2D eigenvalue weighted by Gasteiger charge is -2.30. The Morgan fingerprint density at radius 1 is 0.962 bits per heavy atom. The molecule has 1 atom stereocenters. The highest BCUT2D eigenvalue weighted by atomic mass is 79.9. The van der Waals surface area contributed by atoms with Crippen molar-refractivity contribution in [2.45, 2.75) is 46.1 Å². The highest BCUT2D eigenvalue weighted by Gasteiger charge is 2.24. The first kappa shape index (κ1) is 22.7. The highest BCUT2D eigenvalue weighted by Crippen LogP contribution is 2.30. The third-order valence-corrected chi connectivity index (χ3v) is 4.67. The van der Waals surface area contributed by atoms with Crippen LogP contribution in [0.4, 0.5) is 8.78 Å². The van der Waals surface area contributed by atoms with Gasteiger partial charge in [0.25, 0.3) is 0 Å². The Balaban J connectivity index is 0.00000338. The quantitative estimate of drug-likeness (QED) is 0.520. The zero-order chi connectivity index (χ0) is 18.6. The summed E-state index contributed by atoms with van der Waals surface area (Å²) < 4.78 is 28.4. The molecule has 0 fully saturated rings. The molecule has 0 spiro atoms. The molecule has 0 aliphatic rings. The Bertz CT molecular complexity index is 681. The first-order valence-electron chi connectivity index (χ1n) is 8.64. The molecule has 0 saturated carbocycles. The molecule has 0 radical (unpaired) electrons. The standard InChI is InChI=1S/C21H27F2NO.BrH/c1-14(2)24(25-5)13-17(21-15(3)8-6-9-16(21)4)12-18-19(22)10-7-11-20(18)23;/h6-11,14,17H,12-13H2,1-5H3;1H. The van der Waals surface area contributed by atoms with Crippen LogP contribution in [-0.4, -0.2) is 24.8 Å². The molecular formula is C21H28BrF2NO. The molecule has 0 N–H and O–H groups in total. The second-order valence-corrected chi connectivity index (χ2v) is 6.78. The maximum atomic E-state index is 14.2. The van der Waals surface area contributed by atoms with Crippen molar-refractivity contribution in [1.82, 2.24) is 5.06 Å². The van der Waals surface area contributed by atoms with Crippen LogP contribution < -0.4 is 0 Å². The van der Waals surface area contributed by atoms with Crippen molar-refractivity contribution in [1.29, 1.82) is 0 Å². The van der Waals surface area contributed by atoms with E-state index in [1.54, 1.807) is 7.11 Å². The monoisotopic (exact) mass is 427 g/mol. The second-order valence-electron chi connectivity index (χ2n) is 6.78. The van der Waals surface area contributed by atoms with Crippen molar-refractivity contribution >= 4 is 17.0 Å². The number of aryl methyl sites for hydroxylation is 2. The van der Waals surface area contributed by atoms with Crippen molar-refractivity contribution in [2.24, 2.45) is 0 Å². The third kappa shape index (κ3) is 5.35. The topological polar surface area (TPSA) is 12.5 Å². The number of halogens is 3. The number of nitrogens with zero attached hydrogens (tertiary/aromatic N) is 1. The van der Waals surface area contributed by atoms with Crippen LogP contribution >= 0.6 is 17.0 Å². The van der Waals surface area contributed by atoms with E-state index in [0.29, 0.717) is 6.54 Å². The molecule has 0 aliphatic carbocycles. The van der Waals surface area contributed by atoms with Crippen LogP contribution in [0.15, 0.2) is 36.4 Å². The van der Waals surface area contributed by atoms with Gasteiger partial charge in [-0.25, -0.2) is 8.78 Å². The first-order chi connectivity index (χ1) is 11.8. The molecule has 144 valence electrons.